The van der Waals surface area contributed by atoms with Gasteiger partial charge >= 0.3 is 0 Å². The Labute approximate surface area is 115 Å². The van der Waals surface area contributed by atoms with Crippen molar-refractivity contribution in [3.05, 3.63) is 23.8 Å². The zero-order valence-electron chi connectivity index (χ0n) is 11.6. The van der Waals surface area contributed by atoms with Gasteiger partial charge in [0.15, 0.2) is 0 Å². The lowest BCUT2D eigenvalue weighted by molar-refractivity contribution is 0.395. The van der Waals surface area contributed by atoms with Crippen molar-refractivity contribution in [1.82, 2.24) is 4.31 Å². The number of aryl methyl sites for hydroxylation is 1. The number of rotatable bonds is 6. The summed E-state index contributed by atoms with van der Waals surface area (Å²) in [4.78, 5) is 0.282. The summed E-state index contributed by atoms with van der Waals surface area (Å²) in [7, 11) is -3.47. The minimum absolute atomic E-state index is 0.282. The van der Waals surface area contributed by atoms with Crippen molar-refractivity contribution in [3.63, 3.8) is 0 Å². The second-order valence-corrected chi connectivity index (χ2v) is 7.17. The second kappa shape index (κ2) is 5.51. The number of nitrogens with two attached hydrogens (primary N) is 1. The Balaban J connectivity index is 2.37. The van der Waals surface area contributed by atoms with Crippen molar-refractivity contribution in [3.8, 4) is 0 Å². The molecule has 106 valence electrons. The zero-order valence-corrected chi connectivity index (χ0v) is 12.4. The van der Waals surface area contributed by atoms with E-state index >= 15 is 0 Å². The molecule has 2 rings (SSSR count). The summed E-state index contributed by atoms with van der Waals surface area (Å²) in [6, 6.07) is 5.24. The van der Waals surface area contributed by atoms with Crippen LogP contribution >= 0.6 is 0 Å². The van der Waals surface area contributed by atoms with Crippen molar-refractivity contribution in [2.45, 2.75) is 38.0 Å². The highest BCUT2D eigenvalue weighted by Crippen LogP contribution is 2.33. The first-order valence-corrected chi connectivity index (χ1v) is 8.26. The summed E-state index contributed by atoms with van der Waals surface area (Å²) in [5.41, 5.74) is 6.95. The number of nitrogens with zero attached hydrogens (tertiary/aromatic N) is 1. The summed E-state index contributed by atoms with van der Waals surface area (Å²) in [5, 5.41) is 0. The van der Waals surface area contributed by atoms with Gasteiger partial charge in [0.25, 0.3) is 0 Å². The van der Waals surface area contributed by atoms with E-state index < -0.39 is 10.0 Å². The molecular formula is C14H22N2O2S. The number of nitrogen functional groups attached to an aromatic ring is 1. The molecule has 0 radical (unpaired) electrons. The van der Waals surface area contributed by atoms with E-state index in [1.807, 2.05) is 6.92 Å². The highest BCUT2D eigenvalue weighted by molar-refractivity contribution is 7.89. The molecule has 1 aromatic rings. The molecule has 0 bridgehead atoms. The SMILES string of the molecule is CCCN(CC1CC1)S(=O)(=O)c1c(C)cccc1N. The van der Waals surface area contributed by atoms with Crippen LogP contribution in [0.4, 0.5) is 5.69 Å². The van der Waals surface area contributed by atoms with Crippen LogP contribution in [0.5, 0.6) is 0 Å². The predicted molar refractivity (Wildman–Crippen MR) is 77.4 cm³/mol. The molecule has 0 spiro atoms. The first kappa shape index (κ1) is 14.3. The number of sulfonamides is 1. The van der Waals surface area contributed by atoms with Gasteiger partial charge in [0.1, 0.15) is 4.90 Å². The Morgan fingerprint density at radius 3 is 2.58 bits per heavy atom. The largest absolute Gasteiger partial charge is 0.398 e. The Bertz CT molecular complexity index is 530. The molecule has 19 heavy (non-hydrogen) atoms. The van der Waals surface area contributed by atoms with Crippen LogP contribution in [0.15, 0.2) is 23.1 Å². The lowest BCUT2D eigenvalue weighted by atomic mass is 10.2. The molecule has 1 saturated carbocycles. The first-order chi connectivity index (χ1) is 8.96. The lowest BCUT2D eigenvalue weighted by Crippen LogP contribution is -2.34. The van der Waals surface area contributed by atoms with Crippen LogP contribution in [0.25, 0.3) is 0 Å². The van der Waals surface area contributed by atoms with Crippen LogP contribution in [-0.2, 0) is 10.0 Å². The third-order valence-electron chi connectivity index (χ3n) is 3.47. The van der Waals surface area contributed by atoms with Gasteiger partial charge in [0.2, 0.25) is 10.0 Å². The molecule has 0 unspecified atom stereocenters. The van der Waals surface area contributed by atoms with Crippen LogP contribution in [0.2, 0.25) is 0 Å². The fourth-order valence-electron chi connectivity index (χ4n) is 2.30. The Morgan fingerprint density at radius 2 is 2.05 bits per heavy atom. The molecule has 1 aliphatic rings. The second-order valence-electron chi connectivity index (χ2n) is 5.30. The molecule has 5 heteroatoms. The maximum absolute atomic E-state index is 12.8. The number of anilines is 1. The van der Waals surface area contributed by atoms with Crippen LogP contribution in [0.3, 0.4) is 0 Å². The van der Waals surface area contributed by atoms with E-state index in [1.54, 1.807) is 29.4 Å². The summed E-state index contributed by atoms with van der Waals surface area (Å²) in [6.07, 6.45) is 3.09. The molecule has 1 aliphatic carbocycles. The maximum Gasteiger partial charge on any atom is 0.245 e. The third-order valence-corrected chi connectivity index (χ3v) is 5.56. The number of benzene rings is 1. The topological polar surface area (TPSA) is 63.4 Å². The number of hydrogen-bond donors (Lipinski definition) is 1. The van der Waals surface area contributed by atoms with E-state index in [9.17, 15) is 8.42 Å². The van der Waals surface area contributed by atoms with Gasteiger partial charge in [-0.2, -0.15) is 4.31 Å². The van der Waals surface area contributed by atoms with E-state index in [0.29, 0.717) is 24.7 Å². The smallest absolute Gasteiger partial charge is 0.245 e. The van der Waals surface area contributed by atoms with Gasteiger partial charge in [0, 0.05) is 13.1 Å². The fourth-order valence-corrected chi connectivity index (χ4v) is 4.23. The van der Waals surface area contributed by atoms with Gasteiger partial charge in [-0.05, 0) is 43.7 Å². The maximum atomic E-state index is 12.8. The van der Waals surface area contributed by atoms with E-state index in [-0.39, 0.29) is 4.90 Å². The number of hydrogen-bond acceptors (Lipinski definition) is 3. The van der Waals surface area contributed by atoms with Gasteiger partial charge in [-0.15, -0.1) is 0 Å². The lowest BCUT2D eigenvalue weighted by Gasteiger charge is -2.23. The van der Waals surface area contributed by atoms with E-state index in [1.165, 1.54) is 0 Å². The highest BCUT2D eigenvalue weighted by atomic mass is 32.2. The monoisotopic (exact) mass is 282 g/mol. The van der Waals surface area contributed by atoms with Crippen molar-refractivity contribution in [2.24, 2.45) is 5.92 Å². The molecule has 4 nitrogen and oxygen atoms in total. The summed E-state index contributed by atoms with van der Waals surface area (Å²) >= 11 is 0. The zero-order chi connectivity index (χ0) is 14.0. The Kier molecular flexibility index (Phi) is 4.16. The van der Waals surface area contributed by atoms with Crippen LogP contribution in [0, 0.1) is 12.8 Å². The van der Waals surface area contributed by atoms with Crippen molar-refractivity contribution in [2.75, 3.05) is 18.8 Å². The van der Waals surface area contributed by atoms with E-state index in [0.717, 1.165) is 24.8 Å². The molecule has 1 fully saturated rings. The minimum atomic E-state index is -3.47. The van der Waals surface area contributed by atoms with E-state index in [2.05, 4.69) is 0 Å². The normalized spacial score (nSPS) is 15.9. The molecule has 0 amide bonds. The Hall–Kier alpha value is -1.07. The standard InChI is InChI=1S/C14H22N2O2S/c1-3-9-16(10-12-7-8-12)19(17,18)14-11(2)5-4-6-13(14)15/h4-6,12H,3,7-10,15H2,1-2H3. The average Bonchev–Trinajstić information content (AvgIpc) is 3.12. The highest BCUT2D eigenvalue weighted by Gasteiger charge is 2.32. The van der Waals surface area contributed by atoms with Gasteiger partial charge < -0.3 is 5.73 Å². The summed E-state index contributed by atoms with van der Waals surface area (Å²) in [6.45, 7) is 4.98. The average molecular weight is 282 g/mol. The molecule has 1 aromatic carbocycles. The minimum Gasteiger partial charge on any atom is -0.398 e. The van der Waals surface area contributed by atoms with E-state index in [4.69, 9.17) is 5.73 Å². The first-order valence-electron chi connectivity index (χ1n) is 6.82. The van der Waals surface area contributed by atoms with Crippen molar-refractivity contribution in [1.29, 1.82) is 0 Å². The molecule has 0 aliphatic heterocycles. The van der Waals surface area contributed by atoms with Gasteiger partial charge in [-0.25, -0.2) is 8.42 Å². The van der Waals surface area contributed by atoms with Crippen LogP contribution in [0.1, 0.15) is 31.7 Å². The van der Waals surface area contributed by atoms with Gasteiger partial charge in [-0.3, -0.25) is 0 Å². The van der Waals surface area contributed by atoms with Crippen LogP contribution in [-0.4, -0.2) is 25.8 Å². The predicted octanol–water partition coefficient (Wildman–Crippen LogP) is 2.39. The summed E-state index contributed by atoms with van der Waals surface area (Å²) < 4.78 is 27.1. The van der Waals surface area contributed by atoms with Crippen molar-refractivity contribution < 1.29 is 8.42 Å². The fraction of sp³-hybridized carbons (Fsp3) is 0.571. The molecule has 2 N–H and O–H groups in total. The van der Waals surface area contributed by atoms with Crippen molar-refractivity contribution >= 4 is 15.7 Å². The van der Waals surface area contributed by atoms with Gasteiger partial charge in [-0.1, -0.05) is 19.1 Å². The van der Waals surface area contributed by atoms with Gasteiger partial charge in [0.05, 0.1) is 5.69 Å². The Morgan fingerprint density at radius 1 is 1.37 bits per heavy atom. The third kappa shape index (κ3) is 3.09. The molecule has 0 saturated heterocycles. The summed E-state index contributed by atoms with van der Waals surface area (Å²) in [5.74, 6) is 0.534. The molecule has 0 aromatic heterocycles. The molecule has 0 atom stereocenters. The quantitative estimate of drug-likeness (QED) is 0.815. The molecular weight excluding hydrogens is 260 g/mol. The van der Waals surface area contributed by atoms with Crippen LogP contribution < -0.4 is 5.73 Å². The molecule has 0 heterocycles.